The zero-order chi connectivity index (χ0) is 16.8. The second-order valence-electron chi connectivity index (χ2n) is 6.81. The molecular formula is C18H28N2O3. The molecule has 1 aliphatic rings. The second-order valence-corrected chi connectivity index (χ2v) is 6.81. The summed E-state index contributed by atoms with van der Waals surface area (Å²) < 4.78 is 0. The Kier molecular flexibility index (Phi) is 6.42. The van der Waals surface area contributed by atoms with E-state index in [2.05, 4.69) is 24.5 Å². The van der Waals surface area contributed by atoms with Gasteiger partial charge in [-0.25, -0.2) is 4.79 Å². The molecule has 0 bridgehead atoms. The third-order valence-electron chi connectivity index (χ3n) is 4.38. The number of amides is 2. The van der Waals surface area contributed by atoms with Gasteiger partial charge in [-0.05, 0) is 35.8 Å². The number of urea groups is 1. The molecule has 0 spiro atoms. The average Bonchev–Trinajstić information content (AvgIpc) is 2.81. The largest absolute Gasteiger partial charge is 0.396 e. The second kappa shape index (κ2) is 8.31. The summed E-state index contributed by atoms with van der Waals surface area (Å²) in [4.78, 5) is 12.2. The maximum absolute atomic E-state index is 12.2. The molecule has 5 nitrogen and oxygen atoms in total. The van der Waals surface area contributed by atoms with Gasteiger partial charge in [-0.3, -0.25) is 0 Å². The summed E-state index contributed by atoms with van der Waals surface area (Å²) in [5.41, 5.74) is 2.08. The van der Waals surface area contributed by atoms with Crippen LogP contribution in [-0.2, 0) is 6.42 Å². The molecule has 0 saturated carbocycles. The van der Waals surface area contributed by atoms with Crippen LogP contribution in [0.1, 0.15) is 43.9 Å². The van der Waals surface area contributed by atoms with E-state index in [9.17, 15) is 9.90 Å². The van der Waals surface area contributed by atoms with Crippen molar-refractivity contribution in [3.63, 3.8) is 0 Å². The van der Waals surface area contributed by atoms with Gasteiger partial charge >= 0.3 is 6.03 Å². The molecule has 0 heterocycles. The highest BCUT2D eigenvalue weighted by molar-refractivity contribution is 5.74. The highest BCUT2D eigenvalue weighted by Gasteiger charge is 2.31. The fraction of sp³-hybridized carbons (Fsp3) is 0.611. The molecule has 2 amide bonds. The van der Waals surface area contributed by atoms with Crippen LogP contribution in [0.5, 0.6) is 0 Å². The molecule has 0 aliphatic heterocycles. The molecular weight excluding hydrogens is 292 g/mol. The van der Waals surface area contributed by atoms with Crippen molar-refractivity contribution in [2.45, 2.75) is 45.3 Å². The van der Waals surface area contributed by atoms with Crippen molar-refractivity contribution in [3.8, 4) is 0 Å². The molecule has 1 aromatic carbocycles. The number of aliphatic hydroxyl groups is 2. The SMILES string of the molecule is CC(C)CC(CCO)CNC(=O)NC1c2ccccc2CC1O. The number of hydrogen-bond acceptors (Lipinski definition) is 3. The number of carbonyl (C=O) groups is 1. The fourth-order valence-electron chi connectivity index (χ4n) is 3.33. The van der Waals surface area contributed by atoms with E-state index < -0.39 is 6.10 Å². The van der Waals surface area contributed by atoms with Gasteiger partial charge in [0.15, 0.2) is 0 Å². The van der Waals surface area contributed by atoms with Crippen molar-refractivity contribution >= 4 is 6.03 Å². The molecule has 3 unspecified atom stereocenters. The molecule has 128 valence electrons. The van der Waals surface area contributed by atoms with Gasteiger partial charge in [-0.15, -0.1) is 0 Å². The zero-order valence-corrected chi connectivity index (χ0v) is 14.0. The lowest BCUT2D eigenvalue weighted by Crippen LogP contribution is -2.42. The lowest BCUT2D eigenvalue weighted by molar-refractivity contribution is 0.142. The number of fused-ring (bicyclic) bond motifs is 1. The molecule has 5 heteroatoms. The smallest absolute Gasteiger partial charge is 0.315 e. The van der Waals surface area contributed by atoms with Gasteiger partial charge in [0.05, 0.1) is 12.1 Å². The predicted octanol–water partition coefficient (Wildman–Crippen LogP) is 1.99. The first-order chi connectivity index (χ1) is 11.0. The van der Waals surface area contributed by atoms with Gasteiger partial charge < -0.3 is 20.8 Å². The van der Waals surface area contributed by atoms with Gasteiger partial charge in [0.25, 0.3) is 0 Å². The molecule has 1 aliphatic carbocycles. The summed E-state index contributed by atoms with van der Waals surface area (Å²) in [6.45, 7) is 4.94. The van der Waals surface area contributed by atoms with Gasteiger partial charge in [-0.1, -0.05) is 38.1 Å². The average molecular weight is 320 g/mol. The van der Waals surface area contributed by atoms with Gasteiger partial charge in [-0.2, -0.15) is 0 Å². The maximum atomic E-state index is 12.2. The minimum Gasteiger partial charge on any atom is -0.396 e. The third kappa shape index (κ3) is 4.94. The summed E-state index contributed by atoms with van der Waals surface area (Å²) in [5, 5.41) is 25.0. The van der Waals surface area contributed by atoms with Crippen molar-refractivity contribution in [2.24, 2.45) is 11.8 Å². The molecule has 0 radical (unpaired) electrons. The van der Waals surface area contributed by atoms with E-state index in [-0.39, 0.29) is 24.6 Å². The van der Waals surface area contributed by atoms with Gasteiger partial charge in [0.2, 0.25) is 0 Å². The number of carbonyl (C=O) groups excluding carboxylic acids is 1. The number of nitrogens with one attached hydrogen (secondary N) is 2. The fourth-order valence-corrected chi connectivity index (χ4v) is 3.33. The zero-order valence-electron chi connectivity index (χ0n) is 14.0. The molecule has 0 aromatic heterocycles. The highest BCUT2D eigenvalue weighted by Crippen LogP contribution is 2.31. The monoisotopic (exact) mass is 320 g/mol. The Balaban J connectivity index is 1.87. The minimum absolute atomic E-state index is 0.134. The van der Waals surface area contributed by atoms with Crippen LogP contribution in [0.2, 0.25) is 0 Å². The quantitative estimate of drug-likeness (QED) is 0.620. The van der Waals surface area contributed by atoms with Crippen LogP contribution >= 0.6 is 0 Å². The molecule has 0 saturated heterocycles. The maximum Gasteiger partial charge on any atom is 0.315 e. The van der Waals surface area contributed by atoms with Crippen molar-refractivity contribution in [2.75, 3.05) is 13.2 Å². The summed E-state index contributed by atoms with van der Waals surface area (Å²) in [6.07, 6.45) is 1.65. The summed E-state index contributed by atoms with van der Waals surface area (Å²) in [6, 6.07) is 7.18. The minimum atomic E-state index is -0.581. The Morgan fingerprint density at radius 1 is 1.35 bits per heavy atom. The number of benzene rings is 1. The van der Waals surface area contributed by atoms with Crippen molar-refractivity contribution < 1.29 is 15.0 Å². The number of rotatable bonds is 7. The summed E-state index contributed by atoms with van der Waals surface area (Å²) >= 11 is 0. The number of hydrogen-bond donors (Lipinski definition) is 4. The first-order valence-electron chi connectivity index (χ1n) is 8.42. The molecule has 23 heavy (non-hydrogen) atoms. The van der Waals surface area contributed by atoms with Crippen molar-refractivity contribution in [3.05, 3.63) is 35.4 Å². The standard InChI is InChI=1S/C18H28N2O3/c1-12(2)9-13(7-8-21)11-19-18(23)20-17-15-6-4-3-5-14(15)10-16(17)22/h3-6,12-13,16-17,21-22H,7-11H2,1-2H3,(H2,19,20,23). The molecule has 4 N–H and O–H groups in total. The third-order valence-corrected chi connectivity index (χ3v) is 4.38. The van der Waals surface area contributed by atoms with E-state index in [1.807, 2.05) is 24.3 Å². The van der Waals surface area contributed by atoms with E-state index in [0.29, 0.717) is 25.3 Å². The topological polar surface area (TPSA) is 81.6 Å². The Labute approximate surface area is 138 Å². The van der Waals surface area contributed by atoms with E-state index in [4.69, 9.17) is 5.11 Å². The van der Waals surface area contributed by atoms with Crippen LogP contribution in [0.15, 0.2) is 24.3 Å². The van der Waals surface area contributed by atoms with Crippen LogP contribution in [0.3, 0.4) is 0 Å². The molecule has 2 rings (SSSR count). The molecule has 3 atom stereocenters. The molecule has 1 aromatic rings. The van der Waals surface area contributed by atoms with Gasteiger partial charge in [0.1, 0.15) is 0 Å². The van der Waals surface area contributed by atoms with Gasteiger partial charge in [0, 0.05) is 19.6 Å². The van der Waals surface area contributed by atoms with Crippen molar-refractivity contribution in [1.82, 2.24) is 10.6 Å². The predicted molar refractivity (Wildman–Crippen MR) is 90.1 cm³/mol. The lowest BCUT2D eigenvalue weighted by Gasteiger charge is -2.21. The highest BCUT2D eigenvalue weighted by atomic mass is 16.3. The Morgan fingerprint density at radius 3 is 2.78 bits per heavy atom. The normalized spacial score (nSPS) is 21.1. The van der Waals surface area contributed by atoms with Crippen molar-refractivity contribution in [1.29, 1.82) is 0 Å². The summed E-state index contributed by atoms with van der Waals surface area (Å²) in [5.74, 6) is 0.798. The van der Waals surface area contributed by atoms with E-state index in [1.165, 1.54) is 0 Å². The van der Waals surface area contributed by atoms with Crippen LogP contribution in [0, 0.1) is 11.8 Å². The molecule has 0 fully saturated rings. The van der Waals surface area contributed by atoms with Crippen LogP contribution < -0.4 is 10.6 Å². The Hall–Kier alpha value is -1.59. The lowest BCUT2D eigenvalue weighted by atomic mass is 9.94. The Morgan fingerprint density at radius 2 is 2.09 bits per heavy atom. The van der Waals surface area contributed by atoms with Crippen LogP contribution in [0.4, 0.5) is 4.79 Å². The summed E-state index contributed by atoms with van der Waals surface area (Å²) in [7, 11) is 0. The van der Waals surface area contributed by atoms with E-state index in [0.717, 1.165) is 17.5 Å². The number of aliphatic hydroxyl groups excluding tert-OH is 2. The van der Waals surface area contributed by atoms with E-state index >= 15 is 0 Å². The van der Waals surface area contributed by atoms with E-state index in [1.54, 1.807) is 0 Å². The first kappa shape index (κ1) is 17.8. The Bertz CT molecular complexity index is 519. The van der Waals surface area contributed by atoms with Crippen LogP contribution in [-0.4, -0.2) is 35.5 Å². The van der Waals surface area contributed by atoms with Crippen LogP contribution in [0.25, 0.3) is 0 Å². The first-order valence-corrected chi connectivity index (χ1v) is 8.42.